The first-order valence-electron chi connectivity index (χ1n) is 9.85. The lowest BCUT2D eigenvalue weighted by Gasteiger charge is -2.20. The summed E-state index contributed by atoms with van der Waals surface area (Å²) in [6.45, 7) is 4.46. The molecule has 0 saturated heterocycles. The molecule has 5 nitrogen and oxygen atoms in total. The summed E-state index contributed by atoms with van der Waals surface area (Å²) >= 11 is 0. The lowest BCUT2D eigenvalue weighted by molar-refractivity contribution is -0.126. The van der Waals surface area contributed by atoms with Crippen LogP contribution in [0.25, 0.3) is 10.8 Å². The van der Waals surface area contributed by atoms with Gasteiger partial charge in [0.15, 0.2) is 0 Å². The number of rotatable bonds is 6. The smallest absolute Gasteiger partial charge is 0.254 e. The maximum absolute atomic E-state index is 13.0. The Morgan fingerprint density at radius 1 is 1.07 bits per heavy atom. The minimum Gasteiger partial charge on any atom is -0.493 e. The summed E-state index contributed by atoms with van der Waals surface area (Å²) in [6, 6.07) is 19.3. The van der Waals surface area contributed by atoms with E-state index < -0.39 is 6.04 Å². The van der Waals surface area contributed by atoms with Gasteiger partial charge in [-0.2, -0.15) is 0 Å². The number of anilines is 1. The van der Waals surface area contributed by atoms with E-state index in [1.807, 2.05) is 55.5 Å². The van der Waals surface area contributed by atoms with Crippen LogP contribution in [0.5, 0.6) is 5.75 Å². The SMILES string of the molecule is CC(=O)N[C@@H]1C(=O)N(CCCOc2cccc3ccccc23)c2c(C)cccc21. The van der Waals surface area contributed by atoms with Crippen LogP contribution in [0.2, 0.25) is 0 Å². The highest BCUT2D eigenvalue weighted by molar-refractivity contribution is 6.06. The van der Waals surface area contributed by atoms with Crippen molar-refractivity contribution in [1.82, 2.24) is 5.32 Å². The first-order valence-corrected chi connectivity index (χ1v) is 9.85. The molecule has 2 amide bonds. The van der Waals surface area contributed by atoms with Crippen molar-refractivity contribution >= 4 is 28.3 Å². The zero-order valence-corrected chi connectivity index (χ0v) is 16.6. The van der Waals surface area contributed by atoms with E-state index in [9.17, 15) is 9.59 Å². The zero-order chi connectivity index (χ0) is 20.4. The second-order valence-electron chi connectivity index (χ2n) is 7.32. The van der Waals surface area contributed by atoms with E-state index >= 15 is 0 Å². The molecule has 0 radical (unpaired) electrons. The molecule has 0 aliphatic carbocycles. The summed E-state index contributed by atoms with van der Waals surface area (Å²) in [5.74, 6) is 0.551. The van der Waals surface area contributed by atoms with Crippen LogP contribution >= 0.6 is 0 Å². The van der Waals surface area contributed by atoms with E-state index in [0.717, 1.165) is 33.3 Å². The van der Waals surface area contributed by atoms with Crippen LogP contribution < -0.4 is 15.0 Å². The molecule has 1 N–H and O–H groups in total. The zero-order valence-electron chi connectivity index (χ0n) is 16.6. The van der Waals surface area contributed by atoms with Gasteiger partial charge in [-0.15, -0.1) is 0 Å². The highest BCUT2D eigenvalue weighted by atomic mass is 16.5. The maximum Gasteiger partial charge on any atom is 0.254 e. The van der Waals surface area contributed by atoms with E-state index in [-0.39, 0.29) is 11.8 Å². The fourth-order valence-corrected chi connectivity index (χ4v) is 3.97. The van der Waals surface area contributed by atoms with Gasteiger partial charge in [0.2, 0.25) is 5.91 Å². The van der Waals surface area contributed by atoms with Gasteiger partial charge in [-0.3, -0.25) is 9.59 Å². The number of benzene rings is 3. The van der Waals surface area contributed by atoms with Gasteiger partial charge in [-0.05, 0) is 30.4 Å². The molecular weight excluding hydrogens is 364 g/mol. The molecule has 4 rings (SSSR count). The Morgan fingerprint density at radius 2 is 1.83 bits per heavy atom. The van der Waals surface area contributed by atoms with Gasteiger partial charge in [-0.1, -0.05) is 54.6 Å². The van der Waals surface area contributed by atoms with Crippen LogP contribution in [0.1, 0.15) is 30.5 Å². The lowest BCUT2D eigenvalue weighted by atomic mass is 10.1. The van der Waals surface area contributed by atoms with Crippen molar-refractivity contribution in [2.45, 2.75) is 26.3 Å². The molecular formula is C24H24N2O3. The van der Waals surface area contributed by atoms with Crippen LogP contribution in [0.4, 0.5) is 5.69 Å². The third-order valence-corrected chi connectivity index (χ3v) is 5.24. The fraction of sp³-hybridized carbons (Fsp3) is 0.250. The molecule has 1 atom stereocenters. The molecule has 3 aromatic carbocycles. The van der Waals surface area contributed by atoms with Gasteiger partial charge in [0, 0.05) is 24.4 Å². The molecule has 29 heavy (non-hydrogen) atoms. The Morgan fingerprint density at radius 3 is 2.66 bits per heavy atom. The van der Waals surface area contributed by atoms with Gasteiger partial charge in [-0.25, -0.2) is 0 Å². The molecule has 0 fully saturated rings. The summed E-state index contributed by atoms with van der Waals surface area (Å²) in [6.07, 6.45) is 0.690. The summed E-state index contributed by atoms with van der Waals surface area (Å²) in [7, 11) is 0. The predicted molar refractivity (Wildman–Crippen MR) is 114 cm³/mol. The fourth-order valence-electron chi connectivity index (χ4n) is 3.97. The Balaban J connectivity index is 1.46. The van der Waals surface area contributed by atoms with E-state index in [0.29, 0.717) is 19.6 Å². The second kappa shape index (κ2) is 7.95. The molecule has 1 heterocycles. The molecule has 0 unspecified atom stereocenters. The average Bonchev–Trinajstić information content (AvgIpc) is 2.97. The van der Waals surface area contributed by atoms with Crippen LogP contribution in [-0.2, 0) is 9.59 Å². The molecule has 3 aromatic rings. The quantitative estimate of drug-likeness (QED) is 0.646. The van der Waals surface area contributed by atoms with E-state index in [1.165, 1.54) is 6.92 Å². The monoisotopic (exact) mass is 388 g/mol. The molecule has 148 valence electrons. The number of carbonyl (C=O) groups excluding carboxylic acids is 2. The number of fused-ring (bicyclic) bond motifs is 2. The highest BCUT2D eigenvalue weighted by Gasteiger charge is 2.38. The van der Waals surface area contributed by atoms with Gasteiger partial charge in [0.05, 0.1) is 12.3 Å². The van der Waals surface area contributed by atoms with Gasteiger partial charge >= 0.3 is 0 Å². The first kappa shape index (κ1) is 19.0. The van der Waals surface area contributed by atoms with Crippen molar-refractivity contribution in [2.24, 2.45) is 0 Å². The van der Waals surface area contributed by atoms with Crippen LogP contribution in [0, 0.1) is 6.92 Å². The van der Waals surface area contributed by atoms with Crippen molar-refractivity contribution in [3.63, 3.8) is 0 Å². The Kier molecular flexibility index (Phi) is 5.21. The predicted octanol–water partition coefficient (Wildman–Crippen LogP) is 4.14. The van der Waals surface area contributed by atoms with Crippen molar-refractivity contribution in [1.29, 1.82) is 0 Å². The largest absolute Gasteiger partial charge is 0.493 e. The number of nitrogens with zero attached hydrogens (tertiary/aromatic N) is 1. The molecule has 0 aromatic heterocycles. The van der Waals surface area contributed by atoms with Crippen LogP contribution in [0.3, 0.4) is 0 Å². The summed E-state index contributed by atoms with van der Waals surface area (Å²) < 4.78 is 6.02. The number of ether oxygens (including phenoxy) is 1. The molecule has 5 heteroatoms. The summed E-state index contributed by atoms with van der Waals surface area (Å²) in [5.41, 5.74) is 2.79. The number of nitrogens with one attached hydrogen (secondary N) is 1. The molecule has 1 aliphatic rings. The molecule has 0 bridgehead atoms. The number of aryl methyl sites for hydroxylation is 1. The van der Waals surface area contributed by atoms with Gasteiger partial charge in [0.25, 0.3) is 5.91 Å². The maximum atomic E-state index is 13.0. The minimum absolute atomic E-state index is 0.0883. The van der Waals surface area contributed by atoms with Crippen LogP contribution in [0.15, 0.2) is 60.7 Å². The lowest BCUT2D eigenvalue weighted by Crippen LogP contribution is -2.37. The van der Waals surface area contributed by atoms with E-state index in [2.05, 4.69) is 17.4 Å². The summed E-state index contributed by atoms with van der Waals surface area (Å²) in [5, 5.41) is 5.00. The Bertz CT molecular complexity index is 1070. The third kappa shape index (κ3) is 3.68. The van der Waals surface area contributed by atoms with Crippen molar-refractivity contribution in [3.8, 4) is 5.75 Å². The van der Waals surface area contributed by atoms with Gasteiger partial charge in [0.1, 0.15) is 11.8 Å². The Labute approximate surface area is 170 Å². The number of para-hydroxylation sites is 1. The number of amides is 2. The molecule has 1 aliphatic heterocycles. The van der Waals surface area contributed by atoms with E-state index in [4.69, 9.17) is 4.74 Å². The third-order valence-electron chi connectivity index (χ3n) is 5.24. The minimum atomic E-state index is -0.610. The number of hydrogen-bond donors (Lipinski definition) is 1. The molecule has 0 saturated carbocycles. The van der Waals surface area contributed by atoms with Crippen molar-refractivity contribution < 1.29 is 14.3 Å². The van der Waals surface area contributed by atoms with E-state index in [1.54, 1.807) is 4.90 Å². The van der Waals surface area contributed by atoms with Crippen molar-refractivity contribution in [2.75, 3.05) is 18.1 Å². The second-order valence-corrected chi connectivity index (χ2v) is 7.32. The standard InChI is InChI=1S/C24H24N2O3/c1-16-8-5-12-20-22(25-17(2)27)24(28)26(23(16)20)14-7-15-29-21-13-6-10-18-9-3-4-11-19(18)21/h3-6,8-13,22H,7,14-15H2,1-2H3,(H,25,27)/t22-/m0/s1. The van der Waals surface area contributed by atoms with Crippen molar-refractivity contribution in [3.05, 3.63) is 71.8 Å². The highest BCUT2D eigenvalue weighted by Crippen LogP contribution is 2.38. The number of hydrogen-bond acceptors (Lipinski definition) is 3. The van der Waals surface area contributed by atoms with Crippen LogP contribution in [-0.4, -0.2) is 25.0 Å². The first-order chi connectivity index (χ1) is 14.1. The Hall–Kier alpha value is -3.34. The topological polar surface area (TPSA) is 58.6 Å². The van der Waals surface area contributed by atoms with Gasteiger partial charge < -0.3 is 15.0 Å². The average molecular weight is 388 g/mol. The summed E-state index contributed by atoms with van der Waals surface area (Å²) in [4.78, 5) is 26.3. The number of carbonyl (C=O) groups is 2. The normalized spacial score (nSPS) is 15.4. The molecule has 0 spiro atoms.